The number of allylic oxidation sites excluding steroid dienone is 1. The Morgan fingerprint density at radius 2 is 1.90 bits per heavy atom. The molecule has 4 aliphatic rings. The van der Waals surface area contributed by atoms with Crippen LogP contribution in [0.5, 0.6) is 0 Å². The van der Waals surface area contributed by atoms with Crippen LogP contribution in [0.1, 0.15) is 98.8 Å². The van der Waals surface area contributed by atoms with Crippen LogP contribution in [-0.2, 0) is 4.79 Å². The summed E-state index contributed by atoms with van der Waals surface area (Å²) in [6, 6.07) is 0. The minimum atomic E-state index is -0.800. The van der Waals surface area contributed by atoms with Crippen LogP contribution in [-0.4, -0.2) is 27.7 Å². The zero-order chi connectivity index (χ0) is 21.9. The molecule has 4 rings (SSSR count). The number of hydrogen-bond donors (Lipinski definition) is 2. The first-order chi connectivity index (χ1) is 14.0. The van der Waals surface area contributed by atoms with Crippen molar-refractivity contribution in [1.29, 1.82) is 0 Å². The SMILES string of the molecule is CC(C)CCCC(C)(O)[C@H]1[C@@H](O)C[C@H]2[C@@H]3CCC4=CC(=O)CC[C@]4(C)[C@H]3CC[C@]12C. The third kappa shape index (κ3) is 3.52. The maximum absolute atomic E-state index is 12.0. The highest BCUT2D eigenvalue weighted by Crippen LogP contribution is 2.68. The van der Waals surface area contributed by atoms with Crippen molar-refractivity contribution in [3.8, 4) is 0 Å². The molecule has 0 saturated heterocycles. The van der Waals surface area contributed by atoms with Gasteiger partial charge in [-0.25, -0.2) is 0 Å². The largest absolute Gasteiger partial charge is 0.393 e. The van der Waals surface area contributed by atoms with E-state index in [4.69, 9.17) is 0 Å². The molecule has 3 nitrogen and oxygen atoms in total. The van der Waals surface area contributed by atoms with Gasteiger partial charge >= 0.3 is 0 Å². The summed E-state index contributed by atoms with van der Waals surface area (Å²) >= 11 is 0. The molecule has 0 radical (unpaired) electrons. The minimum Gasteiger partial charge on any atom is -0.393 e. The number of rotatable bonds is 5. The molecule has 0 aliphatic heterocycles. The van der Waals surface area contributed by atoms with Crippen molar-refractivity contribution in [2.75, 3.05) is 0 Å². The average molecular weight is 417 g/mol. The molecule has 0 bridgehead atoms. The summed E-state index contributed by atoms with van der Waals surface area (Å²) < 4.78 is 0. The molecule has 0 spiro atoms. The number of carbonyl (C=O) groups excluding carboxylic acids is 1. The van der Waals surface area contributed by atoms with E-state index in [-0.39, 0.29) is 16.7 Å². The molecule has 0 heterocycles. The Kier molecular flexibility index (Phi) is 5.80. The monoisotopic (exact) mass is 416 g/mol. The lowest BCUT2D eigenvalue weighted by Crippen LogP contribution is -2.54. The van der Waals surface area contributed by atoms with Gasteiger partial charge in [-0.3, -0.25) is 4.79 Å². The van der Waals surface area contributed by atoms with Gasteiger partial charge in [0.25, 0.3) is 0 Å². The lowest BCUT2D eigenvalue weighted by molar-refractivity contribution is -0.128. The van der Waals surface area contributed by atoms with Crippen LogP contribution >= 0.6 is 0 Å². The van der Waals surface area contributed by atoms with E-state index >= 15 is 0 Å². The van der Waals surface area contributed by atoms with E-state index in [0.29, 0.717) is 35.9 Å². The molecule has 8 atom stereocenters. The third-order valence-electron chi connectivity index (χ3n) is 10.1. The molecule has 3 heteroatoms. The normalized spacial score (nSPS) is 45.4. The first-order valence-electron chi connectivity index (χ1n) is 12.6. The Hall–Kier alpha value is -0.670. The molecule has 0 aromatic rings. The molecule has 1 unspecified atom stereocenters. The standard InChI is InChI=1S/C27H44O3/c1-17(2)7-6-12-27(5,30)24-23(29)16-22-20-9-8-18-15-19(28)10-13-25(18,3)21(20)11-14-26(22,24)4/h15,17,20-24,29-30H,6-14,16H2,1-5H3/t20-,21+,22+,23+,24+,25+,26+,27?/m1/s1. The molecule has 3 saturated carbocycles. The highest BCUT2D eigenvalue weighted by molar-refractivity contribution is 5.91. The summed E-state index contributed by atoms with van der Waals surface area (Å²) in [6.45, 7) is 11.3. The predicted octanol–water partition coefficient (Wildman–Crippen LogP) is 5.68. The fraction of sp³-hybridized carbons (Fsp3) is 0.889. The van der Waals surface area contributed by atoms with Gasteiger partial charge in [0.05, 0.1) is 11.7 Å². The molecule has 0 aromatic carbocycles. The lowest BCUT2D eigenvalue weighted by Gasteiger charge is -2.59. The van der Waals surface area contributed by atoms with Crippen molar-refractivity contribution < 1.29 is 15.0 Å². The Balaban J connectivity index is 1.57. The second-order valence-electron chi connectivity index (χ2n) is 12.4. The highest BCUT2D eigenvalue weighted by Gasteiger charge is 2.64. The number of hydrogen-bond acceptors (Lipinski definition) is 3. The summed E-state index contributed by atoms with van der Waals surface area (Å²) in [6.07, 6.45) is 11.5. The maximum Gasteiger partial charge on any atom is 0.155 e. The fourth-order valence-electron chi connectivity index (χ4n) is 8.72. The first-order valence-corrected chi connectivity index (χ1v) is 12.6. The van der Waals surface area contributed by atoms with Crippen molar-refractivity contribution in [1.82, 2.24) is 0 Å². The van der Waals surface area contributed by atoms with E-state index in [2.05, 4.69) is 27.7 Å². The summed E-state index contributed by atoms with van der Waals surface area (Å²) in [5, 5.41) is 22.8. The fourth-order valence-corrected chi connectivity index (χ4v) is 8.72. The van der Waals surface area contributed by atoms with Crippen LogP contribution in [0, 0.1) is 40.4 Å². The van der Waals surface area contributed by atoms with E-state index in [1.54, 1.807) is 0 Å². The maximum atomic E-state index is 12.0. The molecule has 0 aromatic heterocycles. The minimum absolute atomic E-state index is 0.0178. The van der Waals surface area contributed by atoms with Gasteiger partial charge in [0.15, 0.2) is 5.78 Å². The van der Waals surface area contributed by atoms with E-state index in [9.17, 15) is 15.0 Å². The van der Waals surface area contributed by atoms with E-state index in [1.807, 2.05) is 13.0 Å². The highest BCUT2D eigenvalue weighted by atomic mass is 16.3. The van der Waals surface area contributed by atoms with Crippen molar-refractivity contribution in [3.63, 3.8) is 0 Å². The van der Waals surface area contributed by atoms with Crippen molar-refractivity contribution in [2.45, 2.75) is 111 Å². The van der Waals surface area contributed by atoms with Crippen molar-refractivity contribution in [2.24, 2.45) is 40.4 Å². The van der Waals surface area contributed by atoms with Crippen molar-refractivity contribution >= 4 is 5.78 Å². The summed E-state index contributed by atoms with van der Waals surface area (Å²) in [7, 11) is 0. The first kappa shape index (κ1) is 22.5. The van der Waals surface area contributed by atoms with Crippen LogP contribution in [0.2, 0.25) is 0 Å². The second kappa shape index (κ2) is 7.73. The quantitative estimate of drug-likeness (QED) is 0.606. The van der Waals surface area contributed by atoms with Crippen LogP contribution < -0.4 is 0 Å². The van der Waals surface area contributed by atoms with Gasteiger partial charge < -0.3 is 10.2 Å². The van der Waals surface area contributed by atoms with Gasteiger partial charge in [-0.15, -0.1) is 0 Å². The molecular formula is C27H44O3. The number of carbonyl (C=O) groups is 1. The predicted molar refractivity (Wildman–Crippen MR) is 121 cm³/mol. The number of ketones is 1. The Morgan fingerprint density at radius 1 is 1.17 bits per heavy atom. The van der Waals surface area contributed by atoms with Gasteiger partial charge in [-0.2, -0.15) is 0 Å². The van der Waals surface area contributed by atoms with Crippen LogP contribution in [0.4, 0.5) is 0 Å². The van der Waals surface area contributed by atoms with Crippen LogP contribution in [0.3, 0.4) is 0 Å². The molecule has 30 heavy (non-hydrogen) atoms. The number of aliphatic hydroxyl groups excluding tert-OH is 1. The average Bonchev–Trinajstić information content (AvgIpc) is 2.92. The van der Waals surface area contributed by atoms with E-state index < -0.39 is 11.7 Å². The molecule has 4 aliphatic carbocycles. The Bertz CT molecular complexity index is 707. The number of fused-ring (bicyclic) bond motifs is 5. The van der Waals surface area contributed by atoms with Gasteiger partial charge in [0, 0.05) is 12.3 Å². The summed E-state index contributed by atoms with van der Waals surface area (Å²) in [4.78, 5) is 12.0. The Labute approximate surface area is 183 Å². The van der Waals surface area contributed by atoms with Gasteiger partial charge in [-0.05, 0) is 92.4 Å². The van der Waals surface area contributed by atoms with Gasteiger partial charge in [0.1, 0.15) is 0 Å². The second-order valence-corrected chi connectivity index (χ2v) is 12.4. The lowest BCUT2D eigenvalue weighted by atomic mass is 9.46. The topological polar surface area (TPSA) is 57.5 Å². The van der Waals surface area contributed by atoms with Gasteiger partial charge in [-0.1, -0.05) is 46.1 Å². The van der Waals surface area contributed by atoms with E-state index in [1.165, 1.54) is 12.0 Å². The molecule has 170 valence electrons. The van der Waals surface area contributed by atoms with Crippen LogP contribution in [0.15, 0.2) is 11.6 Å². The van der Waals surface area contributed by atoms with Crippen molar-refractivity contribution in [3.05, 3.63) is 11.6 Å². The molecular weight excluding hydrogens is 372 g/mol. The molecule has 2 N–H and O–H groups in total. The zero-order valence-corrected chi connectivity index (χ0v) is 19.9. The summed E-state index contributed by atoms with van der Waals surface area (Å²) in [5.74, 6) is 2.67. The summed E-state index contributed by atoms with van der Waals surface area (Å²) in [5.41, 5.74) is 0.788. The molecule has 3 fully saturated rings. The van der Waals surface area contributed by atoms with Gasteiger partial charge in [0.2, 0.25) is 0 Å². The number of aliphatic hydroxyl groups is 2. The Morgan fingerprint density at radius 3 is 2.60 bits per heavy atom. The van der Waals surface area contributed by atoms with E-state index in [0.717, 1.165) is 51.4 Å². The van der Waals surface area contributed by atoms with Crippen LogP contribution in [0.25, 0.3) is 0 Å². The zero-order valence-electron chi connectivity index (χ0n) is 19.9. The third-order valence-corrected chi connectivity index (χ3v) is 10.1. The smallest absolute Gasteiger partial charge is 0.155 e. The molecule has 0 amide bonds.